The Morgan fingerprint density at radius 2 is 1.76 bits per heavy atom. The average molecular weight is 216 g/mol. The first-order chi connectivity index (χ1) is 8.42. The summed E-state index contributed by atoms with van der Waals surface area (Å²) in [5.74, 6) is 0. The van der Waals surface area contributed by atoms with Gasteiger partial charge in [-0.3, -0.25) is 0 Å². The first-order valence-corrected chi connectivity index (χ1v) is 6.03. The van der Waals surface area contributed by atoms with Gasteiger partial charge in [0.1, 0.15) is 0 Å². The Kier molecular flexibility index (Phi) is 1.70. The van der Waals surface area contributed by atoms with Crippen molar-refractivity contribution in [2.24, 2.45) is 0 Å². The predicted octanol–water partition coefficient (Wildman–Crippen LogP) is 2.67. The van der Waals surface area contributed by atoms with Gasteiger partial charge in [-0.15, -0.1) is 0 Å². The summed E-state index contributed by atoms with van der Waals surface area (Å²) in [5, 5.41) is 5.45. The van der Waals surface area contributed by atoms with E-state index in [1.165, 1.54) is 32.4 Å². The van der Waals surface area contributed by atoms with Gasteiger partial charge in [0.25, 0.3) is 0 Å². The van der Waals surface area contributed by atoms with Crippen LogP contribution in [-0.2, 0) is 0 Å². The van der Waals surface area contributed by atoms with Crippen LogP contribution in [0.3, 0.4) is 0 Å². The van der Waals surface area contributed by atoms with Gasteiger partial charge in [-0.2, -0.15) is 0 Å². The van der Waals surface area contributed by atoms with Crippen molar-refractivity contribution in [2.45, 2.75) is 6.42 Å². The second kappa shape index (κ2) is 3.21. The summed E-state index contributed by atoms with van der Waals surface area (Å²) in [6.07, 6.45) is 9.97. The van der Waals surface area contributed by atoms with Crippen LogP contribution in [0.25, 0.3) is 22.4 Å². The van der Waals surface area contributed by atoms with Crippen LogP contribution < -0.4 is 10.4 Å². The Balaban J connectivity index is 2.19. The Morgan fingerprint density at radius 1 is 0.941 bits per heavy atom. The molecule has 0 fully saturated rings. The molecular weight excluding hydrogens is 204 g/mol. The first-order valence-electron chi connectivity index (χ1n) is 6.03. The van der Waals surface area contributed by atoms with Crippen LogP contribution in [0.15, 0.2) is 60.2 Å². The van der Waals surface area contributed by atoms with Crippen molar-refractivity contribution < 1.29 is 0 Å². The zero-order valence-corrected chi connectivity index (χ0v) is 9.48. The van der Waals surface area contributed by atoms with Gasteiger partial charge in [-0.05, 0) is 57.0 Å². The van der Waals surface area contributed by atoms with Crippen molar-refractivity contribution in [3.05, 3.63) is 70.6 Å². The zero-order chi connectivity index (χ0) is 11.2. The van der Waals surface area contributed by atoms with E-state index in [0.717, 1.165) is 6.42 Å². The van der Waals surface area contributed by atoms with Crippen LogP contribution >= 0.6 is 0 Å². The van der Waals surface area contributed by atoms with Crippen LogP contribution in [0.4, 0.5) is 0 Å². The quantitative estimate of drug-likeness (QED) is 0.635. The summed E-state index contributed by atoms with van der Waals surface area (Å²) in [4.78, 5) is 0. The van der Waals surface area contributed by atoms with Gasteiger partial charge < -0.3 is 0 Å². The minimum absolute atomic E-state index is 1.06. The third-order valence-corrected chi connectivity index (χ3v) is 3.64. The standard InChI is InChI=1S/C17H12/c1-2-6-13-11-17-15(9-12(13)5-1)10-14-7-3-4-8-16(14)17/h1-7,9-11H,8H2. The molecule has 0 aliphatic heterocycles. The molecule has 2 aliphatic carbocycles. The lowest BCUT2D eigenvalue weighted by Crippen LogP contribution is -2.22. The molecule has 0 aromatic heterocycles. The van der Waals surface area contributed by atoms with Crippen molar-refractivity contribution >= 4 is 22.4 Å². The van der Waals surface area contributed by atoms with Crippen molar-refractivity contribution in [1.82, 2.24) is 0 Å². The number of fused-ring (bicyclic) bond motifs is 3. The molecule has 0 heterocycles. The fourth-order valence-electron chi connectivity index (χ4n) is 2.78. The van der Waals surface area contributed by atoms with E-state index in [1.807, 2.05) is 0 Å². The van der Waals surface area contributed by atoms with Gasteiger partial charge in [0.05, 0.1) is 0 Å². The summed E-state index contributed by atoms with van der Waals surface area (Å²) in [6.45, 7) is 0. The monoisotopic (exact) mass is 216 g/mol. The molecule has 17 heavy (non-hydrogen) atoms. The van der Waals surface area contributed by atoms with Crippen molar-refractivity contribution in [2.75, 3.05) is 0 Å². The maximum Gasteiger partial charge on any atom is -0.00822 e. The molecule has 2 aromatic carbocycles. The number of hydrogen-bond donors (Lipinski definition) is 0. The fourth-order valence-corrected chi connectivity index (χ4v) is 2.78. The topological polar surface area (TPSA) is 0 Å². The minimum atomic E-state index is 1.06. The average Bonchev–Trinajstić information content (AvgIpc) is 2.73. The summed E-state index contributed by atoms with van der Waals surface area (Å²) in [6, 6.07) is 13.2. The van der Waals surface area contributed by atoms with Gasteiger partial charge in [0, 0.05) is 0 Å². The summed E-state index contributed by atoms with van der Waals surface area (Å²) >= 11 is 0. The molecule has 0 radical (unpaired) electrons. The third kappa shape index (κ3) is 1.24. The number of hydrogen-bond acceptors (Lipinski definition) is 0. The molecular formula is C17H12. The normalized spacial score (nSPS) is 16.5. The molecule has 0 saturated heterocycles. The summed E-state index contributed by atoms with van der Waals surface area (Å²) in [7, 11) is 0. The molecule has 80 valence electrons. The molecule has 2 aromatic rings. The number of allylic oxidation sites excluding steroid dienone is 4. The molecule has 0 unspecified atom stereocenters. The van der Waals surface area contributed by atoms with Crippen LogP contribution in [-0.4, -0.2) is 0 Å². The lowest BCUT2D eigenvalue weighted by molar-refractivity contribution is 1.36. The highest BCUT2D eigenvalue weighted by atomic mass is 14.2. The highest BCUT2D eigenvalue weighted by Gasteiger charge is 2.11. The largest absolute Gasteiger partial charge is 0.0801 e. The van der Waals surface area contributed by atoms with Gasteiger partial charge in [0.2, 0.25) is 0 Å². The van der Waals surface area contributed by atoms with Crippen LogP contribution in [0.2, 0.25) is 0 Å². The van der Waals surface area contributed by atoms with E-state index < -0.39 is 0 Å². The molecule has 0 atom stereocenters. The Bertz CT molecular complexity index is 802. The maximum atomic E-state index is 2.33. The zero-order valence-electron chi connectivity index (χ0n) is 9.48. The molecule has 0 heteroatoms. The molecule has 0 bridgehead atoms. The molecule has 0 saturated carbocycles. The second-order valence-electron chi connectivity index (χ2n) is 4.66. The van der Waals surface area contributed by atoms with Crippen LogP contribution in [0, 0.1) is 0 Å². The fraction of sp³-hybridized carbons (Fsp3) is 0.0588. The van der Waals surface area contributed by atoms with Crippen molar-refractivity contribution in [3.8, 4) is 0 Å². The summed E-state index contributed by atoms with van der Waals surface area (Å²) < 4.78 is 0. The smallest absolute Gasteiger partial charge is 0.00822 e. The van der Waals surface area contributed by atoms with Crippen molar-refractivity contribution in [1.29, 1.82) is 0 Å². The lowest BCUT2D eigenvalue weighted by atomic mass is 9.99. The van der Waals surface area contributed by atoms with E-state index >= 15 is 0 Å². The molecule has 2 aliphatic rings. The lowest BCUT2D eigenvalue weighted by Gasteiger charge is -2.05. The van der Waals surface area contributed by atoms with Gasteiger partial charge in [0.15, 0.2) is 0 Å². The maximum absolute atomic E-state index is 2.33. The Hall–Kier alpha value is -2.08. The Labute approximate surface area is 99.9 Å². The van der Waals surface area contributed by atoms with E-state index in [2.05, 4.69) is 60.7 Å². The highest BCUT2D eigenvalue weighted by molar-refractivity contribution is 5.89. The number of benzene rings is 2. The molecule has 0 nitrogen and oxygen atoms in total. The van der Waals surface area contributed by atoms with Crippen LogP contribution in [0.1, 0.15) is 6.42 Å². The summed E-state index contributed by atoms with van der Waals surface area (Å²) in [5.41, 5.74) is 2.87. The van der Waals surface area contributed by atoms with E-state index in [-0.39, 0.29) is 0 Å². The Morgan fingerprint density at radius 3 is 2.65 bits per heavy atom. The third-order valence-electron chi connectivity index (χ3n) is 3.64. The van der Waals surface area contributed by atoms with Gasteiger partial charge in [-0.25, -0.2) is 0 Å². The van der Waals surface area contributed by atoms with Crippen LogP contribution in [0.5, 0.6) is 0 Å². The molecule has 0 spiro atoms. The predicted molar refractivity (Wildman–Crippen MR) is 72.9 cm³/mol. The van der Waals surface area contributed by atoms with E-state index in [4.69, 9.17) is 0 Å². The molecule has 4 rings (SSSR count). The van der Waals surface area contributed by atoms with E-state index in [1.54, 1.807) is 0 Å². The van der Waals surface area contributed by atoms with Gasteiger partial charge >= 0.3 is 0 Å². The highest BCUT2D eigenvalue weighted by Crippen LogP contribution is 2.23. The first kappa shape index (κ1) is 9.00. The second-order valence-corrected chi connectivity index (χ2v) is 4.66. The SMILES string of the molecule is C1=CCC2=c3cc4ccccc4cc3=CC2=C1. The molecule has 0 amide bonds. The van der Waals surface area contributed by atoms with E-state index in [9.17, 15) is 0 Å². The van der Waals surface area contributed by atoms with Crippen molar-refractivity contribution in [3.63, 3.8) is 0 Å². The van der Waals surface area contributed by atoms with Gasteiger partial charge in [-0.1, -0.05) is 42.5 Å². The van der Waals surface area contributed by atoms with E-state index in [0.29, 0.717) is 0 Å². The minimum Gasteiger partial charge on any atom is -0.0801 e. The number of rotatable bonds is 0. The molecule has 0 N–H and O–H groups in total.